The van der Waals surface area contributed by atoms with Crippen LogP contribution in [0.5, 0.6) is 0 Å². The van der Waals surface area contributed by atoms with E-state index in [-0.39, 0.29) is 5.97 Å². The number of carbonyl (C=O) groups excluding carboxylic acids is 1. The summed E-state index contributed by atoms with van der Waals surface area (Å²) in [5.74, 6) is 0.889. The topological polar surface area (TPSA) is 26.3 Å². The maximum absolute atomic E-state index is 10.8. The van der Waals surface area contributed by atoms with Crippen LogP contribution in [-0.2, 0) is 25.9 Å². The third-order valence-corrected chi connectivity index (χ3v) is 1.52. The van der Waals surface area contributed by atoms with Gasteiger partial charge in [0.25, 0.3) is 0 Å². The van der Waals surface area contributed by atoms with E-state index in [1.54, 1.807) is 0 Å². The van der Waals surface area contributed by atoms with Crippen molar-refractivity contribution in [3.63, 3.8) is 0 Å². The summed E-state index contributed by atoms with van der Waals surface area (Å²) in [6, 6.07) is 0. The number of esters is 1. The van der Waals surface area contributed by atoms with E-state index in [1.807, 2.05) is 6.92 Å². The van der Waals surface area contributed by atoms with E-state index < -0.39 is 0 Å². The fourth-order valence-corrected chi connectivity index (χ4v) is 0.791. The van der Waals surface area contributed by atoms with Crippen molar-refractivity contribution < 1.29 is 25.9 Å². The predicted molar refractivity (Wildman–Crippen MR) is 42.7 cm³/mol. The van der Waals surface area contributed by atoms with Gasteiger partial charge >= 0.3 is 30.0 Å². The molecule has 0 heterocycles. The Bertz CT molecular complexity index is 115. The van der Waals surface area contributed by atoms with Crippen LogP contribution < -0.4 is 0 Å². The number of hydrogen-bond acceptors (Lipinski definition) is 2. The number of rotatable bonds is 2. The number of carbonyl (C=O) groups is 1. The first-order valence-electron chi connectivity index (χ1n) is 3.63. The van der Waals surface area contributed by atoms with Crippen LogP contribution in [0.15, 0.2) is 0 Å². The quantitative estimate of drug-likeness (QED) is 0.437. The van der Waals surface area contributed by atoms with Crippen LogP contribution in [0.25, 0.3) is 0 Å². The van der Waals surface area contributed by atoms with Gasteiger partial charge in [-0.25, -0.2) is 0 Å². The minimum absolute atomic E-state index is 0.0799. The second-order valence-corrected chi connectivity index (χ2v) is 2.18. The third-order valence-electron chi connectivity index (χ3n) is 1.52. The number of halogens is 1. The van der Waals surface area contributed by atoms with E-state index in [1.165, 1.54) is 16.3 Å². The van der Waals surface area contributed by atoms with E-state index in [2.05, 4.69) is 13.6 Å². The van der Waals surface area contributed by atoms with Crippen molar-refractivity contribution in [1.82, 2.24) is 0 Å². The molecule has 60 valence electrons. The molecule has 2 nitrogen and oxygen atoms in total. The van der Waals surface area contributed by atoms with E-state index >= 15 is 0 Å². The molecule has 1 fully saturated rings. The molecule has 1 aliphatic carbocycles. The molecule has 0 spiro atoms. The molecule has 0 aromatic carbocycles. The van der Waals surface area contributed by atoms with Crippen LogP contribution in [0.3, 0.4) is 0 Å². The van der Waals surface area contributed by atoms with Gasteiger partial charge in [0.2, 0.25) is 0 Å². The molecule has 0 amide bonds. The molecule has 11 heavy (non-hydrogen) atoms. The Hall–Kier alpha value is 0.443. The van der Waals surface area contributed by atoms with Crippen LogP contribution >= 0.6 is 13.6 Å². The third kappa shape index (κ3) is 4.12. The summed E-state index contributed by atoms with van der Waals surface area (Å²) in [5.41, 5.74) is 0. The number of hydrogen-bond donors (Lipinski definition) is 0. The molecule has 0 atom stereocenters. The van der Waals surface area contributed by atoms with Gasteiger partial charge < -0.3 is 4.74 Å². The van der Waals surface area contributed by atoms with Crippen molar-refractivity contribution in [1.29, 1.82) is 0 Å². The molecular weight excluding hydrogens is 261 g/mol. The Kier molecular flexibility index (Phi) is 7.40. The van der Waals surface area contributed by atoms with Crippen molar-refractivity contribution in [2.24, 2.45) is 0 Å². The molecule has 0 radical (unpaired) electrons. The summed E-state index contributed by atoms with van der Waals surface area (Å²) in [4.78, 5) is 10.8. The molecule has 0 unspecified atom stereocenters. The molecule has 1 aliphatic rings. The minimum atomic E-state index is -0.0799. The van der Waals surface area contributed by atoms with E-state index in [4.69, 9.17) is 4.74 Å². The van der Waals surface area contributed by atoms with Gasteiger partial charge in [0.15, 0.2) is 5.97 Å². The normalized spacial score (nSPS) is 14.4. The van der Waals surface area contributed by atoms with Crippen LogP contribution in [0, 0.1) is 5.92 Å². The van der Waals surface area contributed by atoms with E-state index in [9.17, 15) is 4.79 Å². The van der Waals surface area contributed by atoms with Gasteiger partial charge in [-0.3, -0.25) is 10.7 Å². The van der Waals surface area contributed by atoms with Crippen molar-refractivity contribution >= 4 is 19.6 Å². The average molecular weight is 272 g/mol. The summed E-state index contributed by atoms with van der Waals surface area (Å²) in [7, 11) is 0. The van der Waals surface area contributed by atoms with Crippen molar-refractivity contribution in [2.75, 3.05) is 6.61 Å². The van der Waals surface area contributed by atoms with Gasteiger partial charge in [-0.05, 0) is 6.92 Å². The summed E-state index contributed by atoms with van der Waals surface area (Å²) in [6.45, 7) is 2.33. The first kappa shape index (κ1) is 11.4. The molecular formula is C7H11BrO2Zn. The van der Waals surface area contributed by atoms with Gasteiger partial charge in [-0.2, -0.15) is 12.8 Å². The van der Waals surface area contributed by atoms with Gasteiger partial charge in [0, 0.05) is 0 Å². The molecule has 0 bridgehead atoms. The molecule has 1 rings (SSSR count). The second kappa shape index (κ2) is 7.11. The Labute approximate surface area is 84.1 Å². The Morgan fingerprint density at radius 1 is 1.64 bits per heavy atom. The first-order chi connectivity index (χ1) is 5.34. The number of ether oxygens (including phenoxy) is 1. The molecule has 0 saturated heterocycles. The zero-order valence-electron chi connectivity index (χ0n) is 6.73. The van der Waals surface area contributed by atoms with E-state index in [0.29, 0.717) is 6.61 Å². The maximum atomic E-state index is 10.8. The molecule has 0 N–H and O–H groups in total. The molecule has 0 aromatic heterocycles. The van der Waals surface area contributed by atoms with Gasteiger partial charge in [0.1, 0.15) is 0 Å². The second-order valence-electron chi connectivity index (χ2n) is 2.18. The van der Waals surface area contributed by atoms with Crippen molar-refractivity contribution in [2.45, 2.75) is 26.2 Å². The van der Waals surface area contributed by atoms with Crippen LogP contribution in [0.1, 0.15) is 26.2 Å². The van der Waals surface area contributed by atoms with Gasteiger partial charge in [-0.15, -0.1) is 6.42 Å². The monoisotopic (exact) mass is 270 g/mol. The van der Waals surface area contributed by atoms with Crippen LogP contribution in [-0.4, -0.2) is 12.6 Å². The Balaban J connectivity index is 0.000000461. The first-order valence-corrected chi connectivity index (χ1v) is 10.6. The molecule has 0 aromatic rings. The summed E-state index contributed by atoms with van der Waals surface area (Å²) >= 11 is 4.25. The molecule has 0 aliphatic heterocycles. The summed E-state index contributed by atoms with van der Waals surface area (Å²) < 4.78 is 4.77. The van der Waals surface area contributed by atoms with Gasteiger partial charge in [0.05, 0.1) is 6.61 Å². The SMILES string of the molecule is CCOC(=O)[C-]1CCC1.[Zn+][Br]. The van der Waals surface area contributed by atoms with E-state index in [0.717, 1.165) is 25.2 Å². The summed E-state index contributed by atoms with van der Waals surface area (Å²) in [6.07, 6.45) is 3.08. The van der Waals surface area contributed by atoms with Crippen LogP contribution in [0.4, 0.5) is 0 Å². The molecule has 1 saturated carbocycles. The Morgan fingerprint density at radius 2 is 2.18 bits per heavy atom. The summed E-state index contributed by atoms with van der Waals surface area (Å²) in [5, 5.41) is 0. The Morgan fingerprint density at radius 3 is 2.45 bits per heavy atom. The van der Waals surface area contributed by atoms with Crippen molar-refractivity contribution in [3.05, 3.63) is 5.92 Å². The van der Waals surface area contributed by atoms with Crippen molar-refractivity contribution in [3.8, 4) is 0 Å². The zero-order valence-corrected chi connectivity index (χ0v) is 11.3. The predicted octanol–water partition coefficient (Wildman–Crippen LogP) is 2.15. The van der Waals surface area contributed by atoms with Crippen LogP contribution in [0.2, 0.25) is 0 Å². The molecule has 4 heteroatoms. The van der Waals surface area contributed by atoms with Gasteiger partial charge in [-0.1, -0.05) is 0 Å². The fraction of sp³-hybridized carbons (Fsp3) is 0.714. The zero-order chi connectivity index (χ0) is 8.69. The fourth-order valence-electron chi connectivity index (χ4n) is 0.791. The average Bonchev–Trinajstić information content (AvgIpc) is 1.89. The standard InChI is InChI=1S/C7H11O2.BrH.Zn/c1-2-9-7(8)6-4-3-5-6;;/h2-5H2,1H3;1H;/q-1;;+2/p-1.